The predicted octanol–water partition coefficient (Wildman–Crippen LogP) is 1.29. The van der Waals surface area contributed by atoms with Crippen LogP contribution in [0.4, 0.5) is 0 Å². The Morgan fingerprint density at radius 1 is 1.44 bits per heavy atom. The smallest absolute Gasteiger partial charge is 0.334 e. The van der Waals surface area contributed by atoms with Crippen LogP contribution in [-0.2, 0) is 9.53 Å². The monoisotopic (exact) mass is 220 g/mol. The van der Waals surface area contributed by atoms with Crippen molar-refractivity contribution >= 4 is 5.97 Å². The van der Waals surface area contributed by atoms with Gasteiger partial charge in [0.25, 0.3) is 0 Å². The van der Waals surface area contributed by atoms with Crippen molar-refractivity contribution in [2.45, 2.75) is 13.3 Å². The van der Waals surface area contributed by atoms with Crippen LogP contribution in [0.5, 0.6) is 0 Å². The summed E-state index contributed by atoms with van der Waals surface area (Å²) in [6.07, 6.45) is 5.60. The molecule has 0 radical (unpaired) electrons. The van der Waals surface area contributed by atoms with E-state index < -0.39 is 0 Å². The molecule has 3 rings (SSSR count). The lowest BCUT2D eigenvalue weighted by molar-refractivity contribution is -0.140. The average molecular weight is 220 g/mol. The largest absolute Gasteiger partial charge is 0.463 e. The molecule has 1 fully saturated rings. The van der Waals surface area contributed by atoms with Crippen molar-refractivity contribution in [3.05, 3.63) is 23.3 Å². The van der Waals surface area contributed by atoms with Gasteiger partial charge in [-0.15, -0.1) is 0 Å². The second-order valence-corrected chi connectivity index (χ2v) is 4.82. The highest BCUT2D eigenvalue weighted by Gasteiger charge is 2.56. The highest BCUT2D eigenvalue weighted by atomic mass is 16.5. The van der Waals surface area contributed by atoms with Gasteiger partial charge in [-0.05, 0) is 36.7 Å². The quantitative estimate of drug-likeness (QED) is 0.576. The first kappa shape index (κ1) is 10.1. The van der Waals surface area contributed by atoms with Gasteiger partial charge in [-0.25, -0.2) is 4.79 Å². The lowest BCUT2D eigenvalue weighted by atomic mass is 9.63. The van der Waals surface area contributed by atoms with Crippen molar-refractivity contribution < 1.29 is 14.6 Å². The maximum atomic E-state index is 11.8. The third kappa shape index (κ3) is 1.09. The van der Waals surface area contributed by atoms with Crippen molar-refractivity contribution in [1.29, 1.82) is 0 Å². The number of allylic oxidation sites excluding steroid dienone is 2. The summed E-state index contributed by atoms with van der Waals surface area (Å²) < 4.78 is 5.06. The summed E-state index contributed by atoms with van der Waals surface area (Å²) >= 11 is 0. The number of rotatable bonds is 3. The molecule has 0 amide bonds. The van der Waals surface area contributed by atoms with Crippen LogP contribution in [0.2, 0.25) is 0 Å². The Morgan fingerprint density at radius 2 is 2.12 bits per heavy atom. The van der Waals surface area contributed by atoms with Gasteiger partial charge in [-0.3, -0.25) is 0 Å². The zero-order valence-electron chi connectivity index (χ0n) is 9.35. The Bertz CT molecular complexity index is 394. The molecule has 3 aliphatic rings. The normalized spacial score (nSPS) is 38.6. The molecule has 0 spiro atoms. The highest BCUT2D eigenvalue weighted by Crippen LogP contribution is 2.60. The molecule has 0 aliphatic heterocycles. The highest BCUT2D eigenvalue weighted by molar-refractivity contribution is 5.93. The van der Waals surface area contributed by atoms with Crippen molar-refractivity contribution in [3.8, 4) is 0 Å². The molecule has 0 unspecified atom stereocenters. The van der Waals surface area contributed by atoms with Gasteiger partial charge in [0.1, 0.15) is 0 Å². The Hall–Kier alpha value is -1.09. The third-order valence-electron chi connectivity index (χ3n) is 4.21. The van der Waals surface area contributed by atoms with Gasteiger partial charge in [-0.2, -0.15) is 0 Å². The molecule has 0 heterocycles. The summed E-state index contributed by atoms with van der Waals surface area (Å²) in [6.45, 7) is 2.22. The van der Waals surface area contributed by atoms with Crippen molar-refractivity contribution in [1.82, 2.24) is 0 Å². The van der Waals surface area contributed by atoms with E-state index in [9.17, 15) is 9.90 Å². The molecule has 0 aromatic carbocycles. The zero-order valence-corrected chi connectivity index (χ0v) is 9.35. The summed E-state index contributed by atoms with van der Waals surface area (Å²) in [7, 11) is 0. The summed E-state index contributed by atoms with van der Waals surface area (Å²) in [5, 5.41) is 9.36. The number of ether oxygens (including phenoxy) is 1. The standard InChI is InChI=1S/C13H16O3/c1-2-16-13(15)12-9(6-14)10-7-3-4-8(5-7)11(10)12/h3-4,7-8,10-11,14H,2,5-6H2,1H3/t7-,8+,10-,11-/m1/s1. The molecule has 16 heavy (non-hydrogen) atoms. The molecule has 3 aliphatic carbocycles. The number of hydrogen-bond acceptors (Lipinski definition) is 3. The minimum atomic E-state index is -0.214. The SMILES string of the molecule is CCOC(=O)C1=C(CO)[C@@H]2[C@H]1[C@H]1C=C[C@@H]2C1. The molecule has 0 aromatic heterocycles. The molecule has 0 saturated heterocycles. The number of aliphatic hydroxyl groups is 1. The summed E-state index contributed by atoms with van der Waals surface area (Å²) in [5.41, 5.74) is 1.70. The van der Waals surface area contributed by atoms with Crippen LogP contribution >= 0.6 is 0 Å². The van der Waals surface area contributed by atoms with Crippen LogP contribution < -0.4 is 0 Å². The third-order valence-corrected chi connectivity index (χ3v) is 4.21. The minimum Gasteiger partial charge on any atom is -0.463 e. The van der Waals surface area contributed by atoms with Crippen molar-refractivity contribution in [2.24, 2.45) is 23.7 Å². The Kier molecular flexibility index (Phi) is 2.18. The van der Waals surface area contributed by atoms with Gasteiger partial charge in [0.2, 0.25) is 0 Å². The Morgan fingerprint density at radius 3 is 2.75 bits per heavy atom. The predicted molar refractivity (Wildman–Crippen MR) is 58.5 cm³/mol. The van der Waals surface area contributed by atoms with Crippen LogP contribution in [0, 0.1) is 23.7 Å². The minimum absolute atomic E-state index is 0.00632. The molecule has 3 heteroatoms. The number of hydrogen-bond donors (Lipinski definition) is 1. The molecule has 2 bridgehead atoms. The molecule has 0 aromatic rings. The second kappa shape index (κ2) is 3.45. The first-order valence-electron chi connectivity index (χ1n) is 5.97. The van der Waals surface area contributed by atoms with E-state index in [-0.39, 0.29) is 12.6 Å². The molecule has 3 nitrogen and oxygen atoms in total. The zero-order chi connectivity index (χ0) is 11.3. The summed E-state index contributed by atoms with van der Waals surface area (Å²) in [6, 6.07) is 0. The fourth-order valence-corrected chi connectivity index (χ4v) is 3.65. The number of esters is 1. The molecule has 4 atom stereocenters. The lowest BCUT2D eigenvalue weighted by Gasteiger charge is -2.41. The van der Waals surface area contributed by atoms with E-state index in [4.69, 9.17) is 4.74 Å². The van der Waals surface area contributed by atoms with Crippen molar-refractivity contribution in [2.75, 3.05) is 13.2 Å². The molecular formula is C13H16O3. The number of fused-ring (bicyclic) bond motifs is 5. The number of carbonyl (C=O) groups excluding carboxylic acids is 1. The molecular weight excluding hydrogens is 204 g/mol. The van der Waals surface area contributed by atoms with Gasteiger partial charge in [0.05, 0.1) is 13.2 Å². The van der Waals surface area contributed by atoms with E-state index in [0.29, 0.717) is 30.3 Å². The lowest BCUT2D eigenvalue weighted by Crippen LogP contribution is -2.39. The number of carbonyl (C=O) groups is 1. The van der Waals surface area contributed by atoms with Gasteiger partial charge >= 0.3 is 5.97 Å². The van der Waals surface area contributed by atoms with E-state index in [1.807, 2.05) is 6.92 Å². The second-order valence-electron chi connectivity index (χ2n) is 4.82. The van der Waals surface area contributed by atoms with E-state index in [2.05, 4.69) is 12.2 Å². The van der Waals surface area contributed by atoms with Gasteiger partial charge in [0, 0.05) is 11.5 Å². The van der Waals surface area contributed by atoms with Crippen LogP contribution in [-0.4, -0.2) is 24.3 Å². The van der Waals surface area contributed by atoms with E-state index in [1.165, 1.54) is 0 Å². The first-order valence-corrected chi connectivity index (χ1v) is 5.97. The average Bonchev–Trinajstić information content (AvgIpc) is 2.76. The van der Waals surface area contributed by atoms with Crippen LogP contribution in [0.1, 0.15) is 13.3 Å². The van der Waals surface area contributed by atoms with E-state index in [1.54, 1.807) is 0 Å². The number of aliphatic hydroxyl groups excluding tert-OH is 1. The fraction of sp³-hybridized carbons (Fsp3) is 0.615. The van der Waals surface area contributed by atoms with Crippen molar-refractivity contribution in [3.63, 3.8) is 0 Å². The van der Waals surface area contributed by atoms with E-state index >= 15 is 0 Å². The Balaban J connectivity index is 1.90. The molecule has 1 saturated carbocycles. The van der Waals surface area contributed by atoms with Crippen LogP contribution in [0.25, 0.3) is 0 Å². The maximum absolute atomic E-state index is 11.8. The first-order chi connectivity index (χ1) is 7.77. The maximum Gasteiger partial charge on any atom is 0.334 e. The summed E-state index contributed by atoms with van der Waals surface area (Å²) in [5.74, 6) is 1.59. The van der Waals surface area contributed by atoms with Gasteiger partial charge in [0.15, 0.2) is 0 Å². The summed E-state index contributed by atoms with van der Waals surface area (Å²) in [4.78, 5) is 11.8. The van der Waals surface area contributed by atoms with Gasteiger partial charge < -0.3 is 9.84 Å². The van der Waals surface area contributed by atoms with E-state index in [0.717, 1.165) is 17.6 Å². The molecule has 86 valence electrons. The molecule has 1 N–H and O–H groups in total. The van der Waals surface area contributed by atoms with Crippen LogP contribution in [0.15, 0.2) is 23.3 Å². The van der Waals surface area contributed by atoms with Gasteiger partial charge in [-0.1, -0.05) is 12.2 Å². The topological polar surface area (TPSA) is 46.5 Å². The fourth-order valence-electron chi connectivity index (χ4n) is 3.65. The Labute approximate surface area is 94.8 Å². The van der Waals surface area contributed by atoms with Crippen LogP contribution in [0.3, 0.4) is 0 Å².